The molecule has 1 aromatic carbocycles. The van der Waals surface area contributed by atoms with Crippen molar-refractivity contribution in [3.8, 4) is 0 Å². The van der Waals surface area contributed by atoms with Gasteiger partial charge in [-0.2, -0.15) is 0 Å². The first-order valence-corrected chi connectivity index (χ1v) is 11.3. The molecule has 144 valence electrons. The SMILES string of the molecule is COC1(OC)[C@@]2(Br)C(Br)=C(Br)[C@@]1(Br)[C@@H](CO)[C@H]2COCc1ccccc1. The van der Waals surface area contributed by atoms with Crippen LogP contribution in [0.2, 0.25) is 0 Å². The zero-order chi connectivity index (χ0) is 19.2. The first kappa shape index (κ1) is 21.4. The Kier molecular flexibility index (Phi) is 6.48. The Morgan fingerprint density at radius 2 is 1.50 bits per heavy atom. The number of ether oxygens (including phenoxy) is 3. The van der Waals surface area contributed by atoms with Crippen LogP contribution in [0.4, 0.5) is 0 Å². The molecule has 2 aliphatic carbocycles. The van der Waals surface area contributed by atoms with E-state index in [1.54, 1.807) is 14.2 Å². The fourth-order valence-corrected chi connectivity index (χ4v) is 9.40. The minimum Gasteiger partial charge on any atom is -0.396 e. The average Bonchev–Trinajstić information content (AvgIpc) is 2.90. The third kappa shape index (κ3) is 2.63. The van der Waals surface area contributed by atoms with Crippen molar-refractivity contribution in [3.63, 3.8) is 0 Å². The zero-order valence-electron chi connectivity index (χ0n) is 14.3. The van der Waals surface area contributed by atoms with E-state index in [2.05, 4.69) is 63.7 Å². The molecule has 1 N–H and O–H groups in total. The molecular weight excluding hydrogens is 600 g/mol. The number of hydrogen-bond acceptors (Lipinski definition) is 4. The van der Waals surface area contributed by atoms with Crippen LogP contribution in [0, 0.1) is 11.8 Å². The van der Waals surface area contributed by atoms with E-state index >= 15 is 0 Å². The molecule has 0 saturated heterocycles. The molecule has 1 aromatic rings. The van der Waals surface area contributed by atoms with Crippen molar-refractivity contribution < 1.29 is 19.3 Å². The minimum atomic E-state index is -1.05. The van der Waals surface area contributed by atoms with Crippen LogP contribution in [0.25, 0.3) is 0 Å². The maximum absolute atomic E-state index is 10.2. The Morgan fingerprint density at radius 3 is 2.00 bits per heavy atom. The van der Waals surface area contributed by atoms with Crippen LogP contribution in [0.1, 0.15) is 5.56 Å². The van der Waals surface area contributed by atoms with Crippen LogP contribution < -0.4 is 0 Å². The number of hydrogen-bond donors (Lipinski definition) is 1. The summed E-state index contributed by atoms with van der Waals surface area (Å²) < 4.78 is 18.2. The van der Waals surface area contributed by atoms with E-state index in [9.17, 15) is 5.11 Å². The van der Waals surface area contributed by atoms with E-state index in [1.165, 1.54) is 0 Å². The lowest BCUT2D eigenvalue weighted by Gasteiger charge is -2.42. The van der Waals surface area contributed by atoms with Crippen molar-refractivity contribution >= 4 is 63.7 Å². The van der Waals surface area contributed by atoms with E-state index in [4.69, 9.17) is 14.2 Å². The van der Waals surface area contributed by atoms with Crippen molar-refractivity contribution in [1.82, 2.24) is 0 Å². The van der Waals surface area contributed by atoms with Crippen LogP contribution in [0.5, 0.6) is 0 Å². The lowest BCUT2D eigenvalue weighted by molar-refractivity contribution is -0.215. The predicted molar refractivity (Wildman–Crippen MR) is 115 cm³/mol. The second-order valence-corrected chi connectivity index (χ2v) is 10.6. The number of alkyl halides is 2. The summed E-state index contributed by atoms with van der Waals surface area (Å²) >= 11 is 15.1. The molecule has 0 radical (unpaired) electrons. The van der Waals surface area contributed by atoms with Crippen LogP contribution >= 0.6 is 63.7 Å². The van der Waals surface area contributed by atoms with Crippen molar-refractivity contribution in [1.29, 1.82) is 0 Å². The highest BCUT2D eigenvalue weighted by atomic mass is 79.9. The Labute approximate surface area is 187 Å². The molecule has 26 heavy (non-hydrogen) atoms. The molecule has 2 aliphatic rings. The maximum Gasteiger partial charge on any atom is 0.209 e. The number of aliphatic hydroxyl groups is 1. The number of methoxy groups -OCH3 is 2. The first-order valence-electron chi connectivity index (χ1n) is 8.12. The topological polar surface area (TPSA) is 47.9 Å². The molecule has 8 heteroatoms. The molecule has 0 unspecified atom stereocenters. The van der Waals surface area contributed by atoms with Gasteiger partial charge in [0.25, 0.3) is 0 Å². The highest BCUT2D eigenvalue weighted by molar-refractivity contribution is 9.16. The molecular formula is C18H20Br4O4. The Bertz CT molecular complexity index is 694. The minimum absolute atomic E-state index is 0.0399. The fourth-order valence-electron chi connectivity index (χ4n) is 4.28. The molecule has 4 atom stereocenters. The van der Waals surface area contributed by atoms with Gasteiger partial charge in [0.1, 0.15) is 8.65 Å². The third-order valence-corrected chi connectivity index (χ3v) is 12.1. The summed E-state index contributed by atoms with van der Waals surface area (Å²) in [6.45, 7) is 0.897. The molecule has 3 rings (SSSR count). The van der Waals surface area contributed by atoms with Gasteiger partial charge in [0.2, 0.25) is 5.79 Å². The van der Waals surface area contributed by atoms with E-state index in [0.29, 0.717) is 13.2 Å². The van der Waals surface area contributed by atoms with Crippen molar-refractivity contribution in [3.05, 3.63) is 44.9 Å². The van der Waals surface area contributed by atoms with Gasteiger partial charge in [-0.1, -0.05) is 94.1 Å². The van der Waals surface area contributed by atoms with Gasteiger partial charge < -0.3 is 19.3 Å². The van der Waals surface area contributed by atoms with E-state index in [1.807, 2.05) is 30.3 Å². The Morgan fingerprint density at radius 1 is 0.962 bits per heavy atom. The smallest absolute Gasteiger partial charge is 0.209 e. The summed E-state index contributed by atoms with van der Waals surface area (Å²) in [6.07, 6.45) is 0. The molecule has 0 amide bonds. The molecule has 0 spiro atoms. The van der Waals surface area contributed by atoms with Gasteiger partial charge in [0.05, 0.1) is 13.2 Å². The highest BCUT2D eigenvalue weighted by Crippen LogP contribution is 2.75. The van der Waals surface area contributed by atoms with Crippen LogP contribution in [0.15, 0.2) is 39.3 Å². The van der Waals surface area contributed by atoms with Gasteiger partial charge in [0.15, 0.2) is 0 Å². The number of halogens is 4. The van der Waals surface area contributed by atoms with Gasteiger partial charge >= 0.3 is 0 Å². The molecule has 1 saturated carbocycles. The number of fused-ring (bicyclic) bond motifs is 2. The lowest BCUT2D eigenvalue weighted by atomic mass is 9.84. The van der Waals surface area contributed by atoms with Crippen molar-refractivity contribution in [2.45, 2.75) is 21.0 Å². The fraction of sp³-hybridized carbons (Fsp3) is 0.556. The van der Waals surface area contributed by atoms with Gasteiger partial charge in [-0.3, -0.25) is 0 Å². The van der Waals surface area contributed by atoms with Gasteiger partial charge in [-0.15, -0.1) is 0 Å². The zero-order valence-corrected chi connectivity index (χ0v) is 20.7. The first-order chi connectivity index (χ1) is 12.3. The predicted octanol–water partition coefficient (Wildman–Crippen LogP) is 4.71. The van der Waals surface area contributed by atoms with Crippen molar-refractivity contribution in [2.75, 3.05) is 27.4 Å². The summed E-state index contributed by atoms with van der Waals surface area (Å²) in [5, 5.41) is 10.2. The molecule has 1 fully saturated rings. The Hall–Kier alpha value is 0.720. The van der Waals surface area contributed by atoms with Crippen molar-refractivity contribution in [2.24, 2.45) is 11.8 Å². The number of rotatable bonds is 7. The van der Waals surface area contributed by atoms with Gasteiger partial charge in [0, 0.05) is 41.6 Å². The quantitative estimate of drug-likeness (QED) is 0.355. The number of benzene rings is 1. The van der Waals surface area contributed by atoms with Gasteiger partial charge in [-0.05, 0) is 5.56 Å². The summed E-state index contributed by atoms with van der Waals surface area (Å²) in [5.74, 6) is -1.33. The second-order valence-electron chi connectivity index (χ2n) is 6.47. The second kappa shape index (κ2) is 7.86. The molecule has 0 heterocycles. The molecule has 4 nitrogen and oxygen atoms in total. The average molecular weight is 620 g/mol. The summed E-state index contributed by atoms with van der Waals surface area (Å²) in [7, 11) is 3.23. The largest absolute Gasteiger partial charge is 0.396 e. The van der Waals surface area contributed by atoms with Crippen LogP contribution in [-0.4, -0.2) is 47.0 Å². The number of aliphatic hydroxyl groups excluding tert-OH is 1. The highest BCUT2D eigenvalue weighted by Gasteiger charge is 2.83. The third-order valence-electron chi connectivity index (χ3n) is 5.48. The summed E-state index contributed by atoms with van der Waals surface area (Å²) in [4.78, 5) is 0. The van der Waals surface area contributed by atoms with E-state index in [-0.39, 0.29) is 18.4 Å². The summed E-state index contributed by atoms with van der Waals surface area (Å²) in [5.41, 5.74) is 1.11. The lowest BCUT2D eigenvalue weighted by Crippen LogP contribution is -2.57. The normalized spacial score (nSPS) is 35.3. The standard InChI is InChI=1S/C18H20Br4O4/c1-24-18(25-2)16(21)12(8-23)13(17(18,22)15(20)14(16)19)10-26-9-11-6-4-3-5-7-11/h3-7,12-13,23H,8-10H2,1-2H3/t12-,13+,16-,17-/m0/s1. The Balaban J connectivity index is 1.93. The molecule has 0 aromatic heterocycles. The van der Waals surface area contributed by atoms with Crippen LogP contribution in [0.3, 0.4) is 0 Å². The van der Waals surface area contributed by atoms with E-state index in [0.717, 1.165) is 14.5 Å². The monoisotopic (exact) mass is 616 g/mol. The summed E-state index contributed by atoms with van der Waals surface area (Å²) in [6, 6.07) is 10.0. The van der Waals surface area contributed by atoms with Crippen LogP contribution in [-0.2, 0) is 20.8 Å². The maximum atomic E-state index is 10.2. The van der Waals surface area contributed by atoms with Gasteiger partial charge in [-0.25, -0.2) is 0 Å². The molecule has 0 aliphatic heterocycles. The molecule has 2 bridgehead atoms. The van der Waals surface area contributed by atoms with E-state index < -0.39 is 14.4 Å².